The Balaban J connectivity index is 1.79. The van der Waals surface area contributed by atoms with Crippen LogP contribution in [0.5, 0.6) is 5.75 Å². The van der Waals surface area contributed by atoms with E-state index < -0.39 is 46.0 Å². The number of halogens is 2. The number of ether oxygens (including phenoxy) is 1. The first-order valence-electron chi connectivity index (χ1n) is 11.2. The van der Waals surface area contributed by atoms with E-state index in [1.807, 2.05) is 6.92 Å². The van der Waals surface area contributed by atoms with Crippen molar-refractivity contribution < 1.29 is 31.8 Å². The molecule has 1 aromatic heterocycles. The molecule has 8 nitrogen and oxygen atoms in total. The van der Waals surface area contributed by atoms with Gasteiger partial charge in [0.25, 0.3) is 0 Å². The molecule has 3 aromatic rings. The van der Waals surface area contributed by atoms with Gasteiger partial charge in [0.1, 0.15) is 18.2 Å². The number of fused-ring (bicyclic) bond motifs is 1. The summed E-state index contributed by atoms with van der Waals surface area (Å²) >= 11 is 0. The van der Waals surface area contributed by atoms with Crippen LogP contribution in [0.15, 0.2) is 47.4 Å². The first-order valence-corrected chi connectivity index (χ1v) is 12.7. The number of alkyl halides is 1. The van der Waals surface area contributed by atoms with E-state index in [1.165, 1.54) is 41.9 Å². The van der Waals surface area contributed by atoms with Crippen LogP contribution in [-0.4, -0.2) is 58.9 Å². The van der Waals surface area contributed by atoms with E-state index in [9.17, 15) is 27.1 Å². The zero-order valence-electron chi connectivity index (χ0n) is 19.6. The Bertz CT molecular complexity index is 1360. The van der Waals surface area contributed by atoms with Gasteiger partial charge >= 0.3 is 5.97 Å². The van der Waals surface area contributed by atoms with Gasteiger partial charge in [-0.15, -0.1) is 0 Å². The summed E-state index contributed by atoms with van der Waals surface area (Å²) in [6.07, 6.45) is -0.384. The van der Waals surface area contributed by atoms with Gasteiger partial charge in [0, 0.05) is 17.8 Å². The number of sulfonamides is 1. The Hall–Kier alpha value is -3.05. The fourth-order valence-corrected chi connectivity index (χ4v) is 6.58. The Morgan fingerprint density at radius 1 is 1.26 bits per heavy atom. The average Bonchev–Trinajstić information content (AvgIpc) is 3.29. The number of carboxylic acid groups (broad SMARTS) is 1. The molecule has 0 radical (unpaired) electrons. The van der Waals surface area contributed by atoms with Crippen LogP contribution in [0, 0.1) is 11.7 Å². The maximum Gasteiger partial charge on any atom is 0.309 e. The Morgan fingerprint density at radius 2 is 1.94 bits per heavy atom. The van der Waals surface area contributed by atoms with Crippen LogP contribution in [-0.2, 0) is 21.2 Å². The monoisotopic (exact) mass is 507 g/mol. The molecule has 0 amide bonds. The molecule has 1 aliphatic heterocycles. The van der Waals surface area contributed by atoms with E-state index in [0.29, 0.717) is 23.3 Å². The third kappa shape index (κ3) is 4.27. The highest BCUT2D eigenvalue weighted by atomic mass is 32.2. The number of benzene rings is 2. The summed E-state index contributed by atoms with van der Waals surface area (Å²) in [6.45, 7) is 4.44. The summed E-state index contributed by atoms with van der Waals surface area (Å²) in [5, 5.41) is 14.2. The minimum absolute atomic E-state index is 0.00332. The molecule has 11 heteroatoms. The number of carbonyl (C=O) groups is 1. The topological polar surface area (TPSA) is 102 Å². The van der Waals surface area contributed by atoms with Crippen molar-refractivity contribution in [2.75, 3.05) is 19.8 Å². The molecule has 0 unspecified atom stereocenters. The van der Waals surface area contributed by atoms with Crippen molar-refractivity contribution in [3.63, 3.8) is 0 Å². The van der Waals surface area contributed by atoms with Gasteiger partial charge in [-0.25, -0.2) is 17.2 Å². The molecule has 3 atom stereocenters. The number of aromatic nitrogens is 2. The van der Waals surface area contributed by atoms with Gasteiger partial charge in [-0.05, 0) is 56.3 Å². The molecule has 0 saturated carbocycles. The summed E-state index contributed by atoms with van der Waals surface area (Å²) in [4.78, 5) is 11.4. The SMILES string of the molecule is CCOc1ccc(S(=O)(=O)N2C[C@H](n3nc(CC(=O)O)c4ccc(F)cc43)[C@H](C)[C@@]2(C)CF)cc1. The highest BCUT2D eigenvalue weighted by Gasteiger charge is 2.55. The lowest BCUT2D eigenvalue weighted by Crippen LogP contribution is -2.49. The Kier molecular flexibility index (Phi) is 6.58. The van der Waals surface area contributed by atoms with E-state index in [4.69, 9.17) is 4.74 Å². The molecular formula is C24H27F2N3O5S. The van der Waals surface area contributed by atoms with Crippen LogP contribution >= 0.6 is 0 Å². The standard InChI is InChI=1S/C24H27F2N3O5S/c1-4-34-17-6-8-18(9-7-17)35(32,33)28-13-22(15(2)24(28,3)14-25)29-21-11-16(26)5-10-19(21)20(27-29)12-23(30)31/h5-11,15,22H,4,12-14H2,1-3H3,(H,30,31)/t15-,22-,24+/m0/s1. The lowest BCUT2D eigenvalue weighted by molar-refractivity contribution is -0.136. The highest BCUT2D eigenvalue weighted by molar-refractivity contribution is 7.89. The second-order valence-electron chi connectivity index (χ2n) is 8.91. The molecule has 188 valence electrons. The van der Waals surface area contributed by atoms with Crippen molar-refractivity contribution in [2.24, 2.45) is 5.92 Å². The van der Waals surface area contributed by atoms with Gasteiger partial charge < -0.3 is 9.84 Å². The van der Waals surface area contributed by atoms with Crippen LogP contribution < -0.4 is 4.74 Å². The quantitative estimate of drug-likeness (QED) is 0.498. The molecule has 1 N–H and O–H groups in total. The average molecular weight is 508 g/mol. The molecule has 0 aliphatic carbocycles. The number of carboxylic acids is 1. The minimum atomic E-state index is -4.11. The van der Waals surface area contributed by atoms with Crippen LogP contribution in [0.4, 0.5) is 8.78 Å². The molecule has 2 aromatic carbocycles. The van der Waals surface area contributed by atoms with Crippen LogP contribution in [0.1, 0.15) is 32.5 Å². The Labute approximate surface area is 202 Å². The summed E-state index contributed by atoms with van der Waals surface area (Å²) in [5.74, 6) is -1.69. The van der Waals surface area contributed by atoms with Crippen molar-refractivity contribution in [2.45, 2.75) is 43.7 Å². The summed E-state index contributed by atoms with van der Waals surface area (Å²) in [6, 6.07) is 9.17. The lowest BCUT2D eigenvalue weighted by Gasteiger charge is -2.34. The maximum absolute atomic E-state index is 14.5. The molecule has 2 heterocycles. The summed E-state index contributed by atoms with van der Waals surface area (Å²) in [7, 11) is -4.11. The number of hydrogen-bond donors (Lipinski definition) is 1. The van der Waals surface area contributed by atoms with E-state index in [1.54, 1.807) is 19.1 Å². The van der Waals surface area contributed by atoms with Gasteiger partial charge in [0.05, 0.1) is 40.7 Å². The number of rotatable bonds is 8. The van der Waals surface area contributed by atoms with Crippen LogP contribution in [0.2, 0.25) is 0 Å². The normalized spacial score (nSPS) is 23.1. The molecule has 0 spiro atoms. The molecule has 35 heavy (non-hydrogen) atoms. The first kappa shape index (κ1) is 25.1. The van der Waals surface area contributed by atoms with Crippen LogP contribution in [0.25, 0.3) is 10.9 Å². The van der Waals surface area contributed by atoms with E-state index in [2.05, 4.69) is 5.10 Å². The summed E-state index contributed by atoms with van der Waals surface area (Å²) in [5.41, 5.74) is -0.838. The number of aliphatic carboxylic acids is 1. The molecular weight excluding hydrogens is 480 g/mol. The third-order valence-corrected chi connectivity index (χ3v) is 8.87. The van der Waals surface area contributed by atoms with Gasteiger partial charge in [0.2, 0.25) is 10.0 Å². The van der Waals surface area contributed by atoms with Crippen molar-refractivity contribution in [3.8, 4) is 5.75 Å². The zero-order valence-corrected chi connectivity index (χ0v) is 20.4. The maximum atomic E-state index is 14.5. The van der Waals surface area contributed by atoms with Gasteiger partial charge in [0.15, 0.2) is 0 Å². The predicted octanol–water partition coefficient (Wildman–Crippen LogP) is 3.81. The zero-order chi connectivity index (χ0) is 25.5. The van der Waals surface area contributed by atoms with Gasteiger partial charge in [-0.1, -0.05) is 6.92 Å². The fourth-order valence-electron chi connectivity index (χ4n) is 4.73. The largest absolute Gasteiger partial charge is 0.494 e. The highest BCUT2D eigenvalue weighted by Crippen LogP contribution is 2.45. The van der Waals surface area contributed by atoms with Gasteiger partial charge in [-0.3, -0.25) is 9.48 Å². The predicted molar refractivity (Wildman–Crippen MR) is 125 cm³/mol. The second-order valence-corrected chi connectivity index (χ2v) is 10.8. The molecule has 1 fully saturated rings. The van der Waals surface area contributed by atoms with Crippen molar-refractivity contribution in [1.29, 1.82) is 0 Å². The van der Waals surface area contributed by atoms with Crippen molar-refractivity contribution >= 4 is 26.9 Å². The molecule has 4 rings (SSSR count). The molecule has 1 aliphatic rings. The van der Waals surface area contributed by atoms with Crippen LogP contribution in [0.3, 0.4) is 0 Å². The fraction of sp³-hybridized carbons (Fsp3) is 0.417. The Morgan fingerprint density at radius 3 is 2.54 bits per heavy atom. The smallest absolute Gasteiger partial charge is 0.309 e. The number of nitrogens with zero attached hydrogens (tertiary/aromatic N) is 3. The minimum Gasteiger partial charge on any atom is -0.494 e. The van der Waals surface area contributed by atoms with Crippen molar-refractivity contribution in [1.82, 2.24) is 14.1 Å². The van der Waals surface area contributed by atoms with Crippen molar-refractivity contribution in [3.05, 3.63) is 54.0 Å². The number of hydrogen-bond acceptors (Lipinski definition) is 5. The summed E-state index contributed by atoms with van der Waals surface area (Å²) < 4.78 is 63.9. The van der Waals surface area contributed by atoms with Gasteiger partial charge in [-0.2, -0.15) is 9.40 Å². The molecule has 0 bridgehead atoms. The first-order chi connectivity index (χ1) is 16.5. The van der Waals surface area contributed by atoms with E-state index in [0.717, 1.165) is 4.31 Å². The van der Waals surface area contributed by atoms with E-state index in [-0.39, 0.29) is 23.6 Å². The van der Waals surface area contributed by atoms with E-state index >= 15 is 0 Å². The molecule has 1 saturated heterocycles. The third-order valence-electron chi connectivity index (χ3n) is 6.85. The second kappa shape index (κ2) is 9.19. The lowest BCUT2D eigenvalue weighted by atomic mass is 9.87.